The minimum atomic E-state index is -0.148. The summed E-state index contributed by atoms with van der Waals surface area (Å²) in [6.07, 6.45) is 0. The Balaban J connectivity index is 1.72. The van der Waals surface area contributed by atoms with Crippen LogP contribution in [0.15, 0.2) is 29.6 Å². The van der Waals surface area contributed by atoms with Crippen LogP contribution in [0.4, 0.5) is 5.69 Å². The number of piperazine rings is 1. The number of nitrogens with zero attached hydrogens (tertiary/aromatic N) is 3. The van der Waals surface area contributed by atoms with E-state index >= 15 is 0 Å². The van der Waals surface area contributed by atoms with Crippen LogP contribution in [0.3, 0.4) is 0 Å². The van der Waals surface area contributed by atoms with Crippen molar-refractivity contribution < 1.29 is 9.59 Å². The van der Waals surface area contributed by atoms with Gasteiger partial charge in [-0.2, -0.15) is 0 Å². The number of hydrogen-bond acceptors (Lipinski definition) is 4. The van der Waals surface area contributed by atoms with Gasteiger partial charge in [-0.05, 0) is 24.5 Å². The lowest BCUT2D eigenvalue weighted by Crippen LogP contribution is -2.52. The maximum absolute atomic E-state index is 12.6. The number of rotatable bonds is 3. The van der Waals surface area contributed by atoms with E-state index < -0.39 is 0 Å². The molecule has 3 rings (SSSR count). The molecule has 0 N–H and O–H groups in total. The maximum Gasteiger partial charge on any atom is 0.283 e. The minimum Gasteiger partial charge on any atom is -0.325 e. The third-order valence-electron chi connectivity index (χ3n) is 4.21. The van der Waals surface area contributed by atoms with E-state index in [1.165, 1.54) is 11.3 Å². The number of carbonyl (C=O) groups is 2. The normalized spacial score (nSPS) is 15.2. The molecule has 0 saturated carbocycles. The fourth-order valence-corrected chi connectivity index (χ4v) is 3.70. The van der Waals surface area contributed by atoms with Gasteiger partial charge in [-0.1, -0.05) is 32.0 Å². The molecule has 2 aromatic rings. The lowest BCUT2D eigenvalue weighted by Gasteiger charge is -2.34. The summed E-state index contributed by atoms with van der Waals surface area (Å²) in [6, 6.07) is 7.82. The zero-order valence-electron chi connectivity index (χ0n) is 14.2. The van der Waals surface area contributed by atoms with E-state index in [-0.39, 0.29) is 18.4 Å². The van der Waals surface area contributed by atoms with Crippen molar-refractivity contribution in [2.24, 2.45) is 0 Å². The molecule has 2 heterocycles. The lowest BCUT2D eigenvalue weighted by atomic mass is 10.1. The summed E-state index contributed by atoms with van der Waals surface area (Å²) in [5.41, 5.74) is 2.91. The first-order valence-corrected chi connectivity index (χ1v) is 8.96. The van der Waals surface area contributed by atoms with Gasteiger partial charge in [0.2, 0.25) is 5.91 Å². The van der Waals surface area contributed by atoms with E-state index in [4.69, 9.17) is 0 Å². The molecule has 24 heavy (non-hydrogen) atoms. The van der Waals surface area contributed by atoms with Crippen LogP contribution < -0.4 is 4.90 Å². The van der Waals surface area contributed by atoms with Gasteiger partial charge in [0.15, 0.2) is 5.01 Å². The van der Waals surface area contributed by atoms with Crippen molar-refractivity contribution in [1.82, 2.24) is 9.88 Å². The second-order valence-electron chi connectivity index (χ2n) is 6.29. The fourth-order valence-electron chi connectivity index (χ4n) is 2.75. The van der Waals surface area contributed by atoms with E-state index in [0.29, 0.717) is 24.0 Å². The van der Waals surface area contributed by atoms with E-state index in [9.17, 15) is 9.59 Å². The summed E-state index contributed by atoms with van der Waals surface area (Å²) in [4.78, 5) is 32.9. The van der Waals surface area contributed by atoms with Crippen molar-refractivity contribution in [3.63, 3.8) is 0 Å². The first-order valence-electron chi connectivity index (χ1n) is 8.08. The van der Waals surface area contributed by atoms with Gasteiger partial charge in [0.1, 0.15) is 6.54 Å². The smallest absolute Gasteiger partial charge is 0.283 e. The molecule has 1 aromatic carbocycles. The van der Waals surface area contributed by atoms with Crippen molar-refractivity contribution in [3.8, 4) is 0 Å². The molecule has 6 heteroatoms. The van der Waals surface area contributed by atoms with Crippen LogP contribution >= 0.6 is 11.3 Å². The van der Waals surface area contributed by atoms with E-state index in [1.807, 2.05) is 50.4 Å². The first kappa shape index (κ1) is 16.6. The Morgan fingerprint density at radius 2 is 2.00 bits per heavy atom. The van der Waals surface area contributed by atoms with Crippen molar-refractivity contribution >= 4 is 28.8 Å². The molecule has 0 aliphatic carbocycles. The summed E-state index contributed by atoms with van der Waals surface area (Å²) >= 11 is 1.35. The van der Waals surface area contributed by atoms with Crippen molar-refractivity contribution in [3.05, 3.63) is 45.9 Å². The quantitative estimate of drug-likeness (QED) is 0.861. The largest absolute Gasteiger partial charge is 0.325 e. The molecule has 2 amide bonds. The molecule has 1 aromatic heterocycles. The summed E-state index contributed by atoms with van der Waals surface area (Å²) in [7, 11) is 0. The Bertz CT molecular complexity index is 769. The zero-order chi connectivity index (χ0) is 17.3. The average Bonchev–Trinajstić information content (AvgIpc) is 3.05. The molecular formula is C18H21N3O2S. The van der Waals surface area contributed by atoms with Gasteiger partial charge < -0.3 is 9.80 Å². The number of amides is 2. The maximum atomic E-state index is 12.6. The molecule has 126 valence electrons. The van der Waals surface area contributed by atoms with Crippen LogP contribution in [0, 0.1) is 6.92 Å². The van der Waals surface area contributed by atoms with Gasteiger partial charge >= 0.3 is 0 Å². The highest BCUT2D eigenvalue weighted by molar-refractivity contribution is 7.11. The zero-order valence-corrected chi connectivity index (χ0v) is 15.0. The third-order valence-corrected chi connectivity index (χ3v) is 5.06. The highest BCUT2D eigenvalue weighted by atomic mass is 32.1. The first-order chi connectivity index (χ1) is 11.5. The van der Waals surface area contributed by atoms with Crippen molar-refractivity contribution in [2.75, 3.05) is 24.5 Å². The highest BCUT2D eigenvalue weighted by Crippen LogP contribution is 2.23. The van der Waals surface area contributed by atoms with E-state index in [2.05, 4.69) is 4.98 Å². The molecule has 5 nitrogen and oxygen atoms in total. The molecule has 0 unspecified atom stereocenters. The number of anilines is 1. The van der Waals surface area contributed by atoms with Gasteiger partial charge in [0.05, 0.1) is 5.69 Å². The van der Waals surface area contributed by atoms with Crippen molar-refractivity contribution in [1.29, 1.82) is 0 Å². The number of benzene rings is 1. The number of hydrogen-bond donors (Lipinski definition) is 0. The van der Waals surface area contributed by atoms with Crippen LogP contribution in [0.1, 0.15) is 40.8 Å². The number of para-hydroxylation sites is 1. The summed E-state index contributed by atoms with van der Waals surface area (Å²) < 4.78 is 0. The predicted octanol–water partition coefficient (Wildman–Crippen LogP) is 3.06. The van der Waals surface area contributed by atoms with Gasteiger partial charge in [-0.3, -0.25) is 9.59 Å². The van der Waals surface area contributed by atoms with Crippen LogP contribution in [-0.4, -0.2) is 41.3 Å². The molecule has 0 bridgehead atoms. The minimum absolute atomic E-state index is 0.0514. The monoisotopic (exact) mass is 343 g/mol. The molecule has 1 aliphatic heterocycles. The van der Waals surface area contributed by atoms with Gasteiger partial charge in [0.25, 0.3) is 5.91 Å². The Kier molecular flexibility index (Phi) is 4.66. The average molecular weight is 343 g/mol. The SMILES string of the molecule is Cc1ccccc1N1CCN(C(=O)c2nc(C(C)C)cs2)CC1=O. The second-order valence-corrected chi connectivity index (χ2v) is 7.15. The number of thiazole rings is 1. The molecule has 1 fully saturated rings. The lowest BCUT2D eigenvalue weighted by molar-refractivity contribution is -0.120. The molecule has 0 spiro atoms. The standard InChI is InChI=1S/C18H21N3O2S/c1-12(2)14-11-24-17(19-14)18(23)20-8-9-21(16(22)10-20)15-7-5-4-6-13(15)3/h4-7,11-12H,8-10H2,1-3H3. The van der Waals surface area contributed by atoms with Crippen LogP contribution in [0.25, 0.3) is 0 Å². The van der Waals surface area contributed by atoms with Crippen LogP contribution in [0.5, 0.6) is 0 Å². The highest BCUT2D eigenvalue weighted by Gasteiger charge is 2.30. The molecule has 0 radical (unpaired) electrons. The topological polar surface area (TPSA) is 53.5 Å². The molecule has 1 aliphatic rings. The fraction of sp³-hybridized carbons (Fsp3) is 0.389. The summed E-state index contributed by atoms with van der Waals surface area (Å²) in [6.45, 7) is 7.22. The Hall–Kier alpha value is -2.21. The van der Waals surface area contributed by atoms with Crippen LogP contribution in [0.2, 0.25) is 0 Å². The second kappa shape index (κ2) is 6.73. The number of aromatic nitrogens is 1. The van der Waals surface area contributed by atoms with E-state index in [0.717, 1.165) is 16.9 Å². The number of aryl methyl sites for hydroxylation is 1. The Labute approximate surface area is 145 Å². The molecule has 0 atom stereocenters. The van der Waals surface area contributed by atoms with Crippen molar-refractivity contribution in [2.45, 2.75) is 26.7 Å². The molecule has 1 saturated heterocycles. The summed E-state index contributed by atoms with van der Waals surface area (Å²) in [5, 5.41) is 2.39. The Morgan fingerprint density at radius 3 is 2.62 bits per heavy atom. The third kappa shape index (κ3) is 3.19. The van der Waals surface area contributed by atoms with Gasteiger partial charge in [-0.15, -0.1) is 11.3 Å². The summed E-state index contributed by atoms with van der Waals surface area (Å²) in [5.74, 6) is 0.0940. The van der Waals surface area contributed by atoms with E-state index in [1.54, 1.807) is 9.80 Å². The van der Waals surface area contributed by atoms with Gasteiger partial charge in [0, 0.05) is 24.2 Å². The molecular weight excluding hydrogens is 322 g/mol. The number of carbonyl (C=O) groups excluding carboxylic acids is 2. The Morgan fingerprint density at radius 1 is 1.25 bits per heavy atom. The predicted molar refractivity (Wildman–Crippen MR) is 95.6 cm³/mol. The van der Waals surface area contributed by atoms with Gasteiger partial charge in [-0.25, -0.2) is 4.98 Å². The van der Waals surface area contributed by atoms with Crippen LogP contribution in [-0.2, 0) is 4.79 Å².